The zero-order valence-corrected chi connectivity index (χ0v) is 23.7. The van der Waals surface area contributed by atoms with Crippen LogP contribution in [0.15, 0.2) is 96.0 Å². The molecule has 12 heteroatoms. The number of hydrogen-bond donors (Lipinski definition) is 2. The summed E-state index contributed by atoms with van der Waals surface area (Å²) in [6.45, 7) is -0.758. The number of esters is 1. The molecule has 4 aromatic rings. The maximum absolute atomic E-state index is 13.0. The highest BCUT2D eigenvalue weighted by Crippen LogP contribution is 2.20. The molecule has 4 rings (SSSR count). The van der Waals surface area contributed by atoms with Gasteiger partial charge in [0.2, 0.25) is 5.91 Å². The van der Waals surface area contributed by atoms with Gasteiger partial charge in [0, 0.05) is 19.0 Å². The minimum Gasteiger partial charge on any atom is -0.481 e. The van der Waals surface area contributed by atoms with E-state index in [1.165, 1.54) is 30.5 Å². The molecule has 1 unspecified atom stereocenters. The minimum absolute atomic E-state index is 0.0224. The van der Waals surface area contributed by atoms with Crippen molar-refractivity contribution in [3.8, 4) is 0 Å². The van der Waals surface area contributed by atoms with E-state index in [0.29, 0.717) is 5.56 Å². The Kier molecular flexibility index (Phi) is 9.83. The number of benzene rings is 3. The van der Waals surface area contributed by atoms with Gasteiger partial charge in [-0.15, -0.1) is 0 Å². The molecule has 3 aromatic carbocycles. The molecule has 1 aromatic heterocycles. The van der Waals surface area contributed by atoms with E-state index in [1.807, 2.05) is 30.3 Å². The Balaban J connectivity index is 1.33. The summed E-state index contributed by atoms with van der Waals surface area (Å²) in [5.74, 6) is -4.37. The van der Waals surface area contributed by atoms with Crippen LogP contribution in [0.5, 0.6) is 0 Å². The molecule has 0 aliphatic rings. The predicted molar refractivity (Wildman–Crippen MR) is 155 cm³/mol. The molecule has 0 radical (unpaired) electrons. The number of Topliss-reactive ketones (excluding diaryl/α,β-unsaturated/α-hetero) is 2. The second-order valence-electron chi connectivity index (χ2n) is 9.59. The third-order valence-electron chi connectivity index (χ3n) is 6.57. The number of rotatable bonds is 14. The van der Waals surface area contributed by atoms with Crippen molar-refractivity contribution in [3.63, 3.8) is 0 Å². The van der Waals surface area contributed by atoms with Gasteiger partial charge < -0.3 is 15.2 Å². The summed E-state index contributed by atoms with van der Waals surface area (Å²) in [4.78, 5) is 61.9. The predicted octanol–water partition coefficient (Wildman–Crippen LogP) is 3.16. The smallest absolute Gasteiger partial charge is 0.310 e. The lowest BCUT2D eigenvalue weighted by Gasteiger charge is -2.16. The van der Waals surface area contributed by atoms with Gasteiger partial charge in [-0.3, -0.25) is 24.0 Å². The van der Waals surface area contributed by atoms with Crippen LogP contribution in [0.25, 0.3) is 10.8 Å². The molecule has 0 fully saturated rings. The Labute approximate surface area is 247 Å². The number of aliphatic carboxylic acids is 1. The zero-order valence-electron chi connectivity index (χ0n) is 22.8. The van der Waals surface area contributed by atoms with E-state index in [0.717, 1.165) is 14.7 Å². The lowest BCUT2D eigenvalue weighted by atomic mass is 10.0. The van der Waals surface area contributed by atoms with Gasteiger partial charge in [-0.2, -0.15) is 0 Å². The van der Waals surface area contributed by atoms with Crippen molar-refractivity contribution < 1.29 is 42.2 Å². The topological polar surface area (TPSA) is 166 Å². The van der Waals surface area contributed by atoms with Crippen LogP contribution in [-0.2, 0) is 40.4 Å². The lowest BCUT2D eigenvalue weighted by Crippen LogP contribution is -2.44. The van der Waals surface area contributed by atoms with Crippen molar-refractivity contribution in [2.45, 2.75) is 36.6 Å². The summed E-state index contributed by atoms with van der Waals surface area (Å²) in [6.07, 6.45) is -0.515. The van der Waals surface area contributed by atoms with Crippen LogP contribution in [0.3, 0.4) is 0 Å². The molecule has 0 saturated carbocycles. The average Bonchev–Trinajstić information content (AvgIpc) is 3.50. The Morgan fingerprint density at radius 1 is 0.837 bits per heavy atom. The molecule has 0 saturated heterocycles. The van der Waals surface area contributed by atoms with Crippen molar-refractivity contribution in [2.24, 2.45) is 0 Å². The molecule has 1 amide bonds. The SMILES string of the molecule is O=C(O)CC(NC(=O)CCC(=O)c1cccn1S(=O)(=O)c1ccccc1)C(=O)COC(=O)Cc1cccc2ccccc12. The van der Waals surface area contributed by atoms with Gasteiger partial charge in [0.15, 0.2) is 18.2 Å². The Morgan fingerprint density at radius 3 is 2.28 bits per heavy atom. The number of fused-ring (bicyclic) bond motifs is 1. The van der Waals surface area contributed by atoms with E-state index in [1.54, 1.807) is 30.3 Å². The third-order valence-corrected chi connectivity index (χ3v) is 8.27. The van der Waals surface area contributed by atoms with E-state index in [2.05, 4.69) is 5.32 Å². The quantitative estimate of drug-likeness (QED) is 0.162. The number of nitrogens with one attached hydrogen (secondary N) is 1. The Hall–Kier alpha value is -5.10. The molecular weight excluding hydrogens is 576 g/mol. The molecule has 1 atom stereocenters. The molecule has 1 heterocycles. The normalized spacial score (nSPS) is 11.9. The maximum Gasteiger partial charge on any atom is 0.310 e. The highest BCUT2D eigenvalue weighted by atomic mass is 32.2. The van der Waals surface area contributed by atoms with Crippen LogP contribution in [0, 0.1) is 0 Å². The number of aromatic nitrogens is 1. The molecule has 0 bridgehead atoms. The maximum atomic E-state index is 13.0. The summed E-state index contributed by atoms with van der Waals surface area (Å²) in [7, 11) is -4.05. The van der Waals surface area contributed by atoms with Crippen molar-refractivity contribution in [1.82, 2.24) is 9.29 Å². The van der Waals surface area contributed by atoms with E-state index < -0.39 is 71.3 Å². The summed E-state index contributed by atoms with van der Waals surface area (Å²) >= 11 is 0. The van der Waals surface area contributed by atoms with Crippen LogP contribution in [0.2, 0.25) is 0 Å². The fraction of sp³-hybridized carbons (Fsp3) is 0.194. The highest BCUT2D eigenvalue weighted by Gasteiger charge is 2.26. The third kappa shape index (κ3) is 7.80. The average molecular weight is 605 g/mol. The van der Waals surface area contributed by atoms with Crippen LogP contribution >= 0.6 is 0 Å². The van der Waals surface area contributed by atoms with Crippen LogP contribution < -0.4 is 5.32 Å². The van der Waals surface area contributed by atoms with Crippen LogP contribution in [0.4, 0.5) is 0 Å². The van der Waals surface area contributed by atoms with Gasteiger partial charge in [0.05, 0.1) is 23.4 Å². The number of carbonyl (C=O) groups is 5. The number of carboxylic acids is 1. The molecule has 222 valence electrons. The van der Waals surface area contributed by atoms with Gasteiger partial charge in [0.25, 0.3) is 10.0 Å². The fourth-order valence-electron chi connectivity index (χ4n) is 4.44. The molecule has 0 aliphatic heterocycles. The highest BCUT2D eigenvalue weighted by molar-refractivity contribution is 7.90. The van der Waals surface area contributed by atoms with Gasteiger partial charge in [-0.25, -0.2) is 12.4 Å². The lowest BCUT2D eigenvalue weighted by molar-refractivity contribution is -0.148. The molecule has 43 heavy (non-hydrogen) atoms. The van der Waals surface area contributed by atoms with Crippen molar-refractivity contribution in [3.05, 3.63) is 102 Å². The number of carboxylic acid groups (broad SMARTS) is 1. The van der Waals surface area contributed by atoms with Crippen molar-refractivity contribution in [2.75, 3.05) is 6.61 Å². The molecule has 0 aliphatic carbocycles. The first-order chi connectivity index (χ1) is 20.6. The summed E-state index contributed by atoms with van der Waals surface area (Å²) in [5.41, 5.74) is 0.534. The first kappa shape index (κ1) is 30.8. The number of ether oxygens (including phenoxy) is 1. The summed E-state index contributed by atoms with van der Waals surface area (Å²) < 4.78 is 31.8. The van der Waals surface area contributed by atoms with Crippen molar-refractivity contribution in [1.29, 1.82) is 0 Å². The second-order valence-corrected chi connectivity index (χ2v) is 11.4. The number of carbonyl (C=O) groups excluding carboxylic acids is 4. The summed E-state index contributed by atoms with van der Waals surface area (Å²) in [6, 6.07) is 21.6. The number of hydrogen-bond acceptors (Lipinski definition) is 8. The second kappa shape index (κ2) is 13.7. The number of amides is 1. The molecular formula is C31H28N2O9S. The molecule has 11 nitrogen and oxygen atoms in total. The van der Waals surface area contributed by atoms with Gasteiger partial charge >= 0.3 is 11.9 Å². The van der Waals surface area contributed by atoms with Crippen LogP contribution in [-0.4, -0.2) is 59.6 Å². The van der Waals surface area contributed by atoms with Gasteiger partial charge in [0.1, 0.15) is 6.04 Å². The standard InChI is InChI=1S/C31H28N2O9S/c34-27(26-14-7-17-33(26)43(40,41)23-11-2-1-3-12-23)15-16-29(36)32-25(19-30(37)38)28(35)20-42-31(39)18-22-10-6-9-21-8-4-5-13-24(21)22/h1-14,17,25H,15-16,18-20H2,(H,32,36)(H,37,38). The van der Waals surface area contributed by atoms with E-state index in [-0.39, 0.29) is 17.0 Å². The Morgan fingerprint density at radius 2 is 1.53 bits per heavy atom. The van der Waals surface area contributed by atoms with E-state index >= 15 is 0 Å². The van der Waals surface area contributed by atoms with Gasteiger partial charge in [-0.1, -0.05) is 60.7 Å². The largest absolute Gasteiger partial charge is 0.481 e. The van der Waals surface area contributed by atoms with Gasteiger partial charge in [-0.05, 0) is 40.6 Å². The zero-order chi connectivity index (χ0) is 31.0. The summed E-state index contributed by atoms with van der Waals surface area (Å²) in [5, 5.41) is 13.3. The Bertz CT molecular complexity index is 1770. The number of nitrogens with zero attached hydrogens (tertiary/aromatic N) is 1. The minimum atomic E-state index is -4.05. The number of ketones is 2. The van der Waals surface area contributed by atoms with E-state index in [9.17, 15) is 37.5 Å². The van der Waals surface area contributed by atoms with E-state index in [4.69, 9.17) is 4.74 Å². The van der Waals surface area contributed by atoms with Crippen molar-refractivity contribution >= 4 is 50.2 Å². The molecule has 0 spiro atoms. The van der Waals surface area contributed by atoms with Crippen LogP contribution in [0.1, 0.15) is 35.3 Å². The monoisotopic (exact) mass is 604 g/mol. The fourth-order valence-corrected chi connectivity index (χ4v) is 5.82. The molecule has 2 N–H and O–H groups in total. The first-order valence-corrected chi connectivity index (χ1v) is 14.7. The first-order valence-electron chi connectivity index (χ1n) is 13.2.